The van der Waals surface area contributed by atoms with E-state index in [1.165, 1.54) is 6.07 Å². The first-order valence-corrected chi connectivity index (χ1v) is 9.40. The maximum atomic E-state index is 12.4. The molecular formula is C19H19N5O4S. The number of anilines is 2. The summed E-state index contributed by atoms with van der Waals surface area (Å²) in [7, 11) is 0. The molecule has 2 heterocycles. The highest BCUT2D eigenvalue weighted by molar-refractivity contribution is 7.13. The molecule has 0 bridgehead atoms. The summed E-state index contributed by atoms with van der Waals surface area (Å²) < 4.78 is 0. The number of benzene rings is 1. The lowest BCUT2D eigenvalue weighted by Gasteiger charge is -2.10. The van der Waals surface area contributed by atoms with E-state index < -0.39 is 17.9 Å². The van der Waals surface area contributed by atoms with Crippen molar-refractivity contribution in [1.82, 2.24) is 9.97 Å². The number of nitrogens with one attached hydrogen (secondary N) is 3. The highest BCUT2D eigenvalue weighted by atomic mass is 32.1. The molecule has 1 aromatic carbocycles. The van der Waals surface area contributed by atoms with Crippen LogP contribution in [0.5, 0.6) is 0 Å². The van der Waals surface area contributed by atoms with Crippen LogP contribution in [0.1, 0.15) is 42.0 Å². The number of aromatic nitrogens is 2. The number of aryl methyl sites for hydroxylation is 2. The molecule has 2 aromatic heterocycles. The van der Waals surface area contributed by atoms with Gasteiger partial charge in [-0.05, 0) is 37.6 Å². The van der Waals surface area contributed by atoms with E-state index in [9.17, 15) is 14.4 Å². The Morgan fingerprint density at radius 2 is 1.93 bits per heavy atom. The molecule has 0 spiro atoms. The number of urea groups is 1. The fraction of sp³-hybridized carbons (Fsp3) is 0.158. The number of carbonyl (C=O) groups is 3. The number of aromatic amines is 1. The molecule has 150 valence electrons. The Morgan fingerprint density at radius 1 is 1.17 bits per heavy atom. The molecule has 6 N–H and O–H groups in total. The summed E-state index contributed by atoms with van der Waals surface area (Å²) >= 11 is 1.10. The predicted molar refractivity (Wildman–Crippen MR) is 110 cm³/mol. The zero-order chi connectivity index (χ0) is 21.1. The zero-order valence-corrected chi connectivity index (χ0v) is 16.5. The van der Waals surface area contributed by atoms with E-state index in [4.69, 9.17) is 10.8 Å². The number of primary amides is 1. The number of carboxylic acids is 1. The second kappa shape index (κ2) is 8.15. The molecule has 0 saturated carbocycles. The molecule has 0 unspecified atom stereocenters. The van der Waals surface area contributed by atoms with E-state index in [0.717, 1.165) is 27.3 Å². The lowest BCUT2D eigenvalue weighted by Crippen LogP contribution is -2.23. The van der Waals surface area contributed by atoms with Crippen molar-refractivity contribution in [3.8, 4) is 0 Å². The van der Waals surface area contributed by atoms with Crippen LogP contribution in [0.4, 0.5) is 16.3 Å². The first kappa shape index (κ1) is 20.1. The minimum atomic E-state index is -1.01. The van der Waals surface area contributed by atoms with Crippen LogP contribution in [0.25, 0.3) is 0 Å². The first-order chi connectivity index (χ1) is 13.7. The summed E-state index contributed by atoms with van der Waals surface area (Å²) in [6.07, 6.45) is 0.262. The molecule has 0 aliphatic heterocycles. The van der Waals surface area contributed by atoms with Gasteiger partial charge in [-0.1, -0.05) is 17.7 Å². The standard InChI is InChI=1S/C19H19N5O4S/c1-9-3-5-12(10(2)7-9)21-19(28)24-17-15(16(20)25)22-14(23-17)8-11-4-6-13(29-11)18(26)27/h3-7H,8H2,1-2H3,(H2,20,25)(H,22,23)(H,26,27)(H2,21,24,28). The van der Waals surface area contributed by atoms with Crippen LogP contribution in [0, 0.1) is 13.8 Å². The topological polar surface area (TPSA) is 150 Å². The van der Waals surface area contributed by atoms with E-state index in [2.05, 4.69) is 20.6 Å². The minimum Gasteiger partial charge on any atom is -0.477 e. The fourth-order valence-electron chi connectivity index (χ4n) is 2.75. The van der Waals surface area contributed by atoms with Crippen molar-refractivity contribution in [2.24, 2.45) is 5.73 Å². The monoisotopic (exact) mass is 413 g/mol. The summed E-state index contributed by atoms with van der Waals surface area (Å²) in [4.78, 5) is 43.0. The highest BCUT2D eigenvalue weighted by Gasteiger charge is 2.18. The summed E-state index contributed by atoms with van der Waals surface area (Å²) in [6.45, 7) is 3.83. The number of rotatable bonds is 6. The van der Waals surface area contributed by atoms with Crippen LogP contribution in [0.2, 0.25) is 0 Å². The number of carbonyl (C=O) groups excluding carboxylic acids is 2. The number of amides is 3. The van der Waals surface area contributed by atoms with E-state index >= 15 is 0 Å². The molecule has 0 saturated heterocycles. The van der Waals surface area contributed by atoms with E-state index in [-0.39, 0.29) is 22.8 Å². The maximum Gasteiger partial charge on any atom is 0.345 e. The minimum absolute atomic E-state index is 0.0739. The molecule has 3 aromatic rings. The Bertz CT molecular complexity index is 1100. The highest BCUT2D eigenvalue weighted by Crippen LogP contribution is 2.22. The second-order valence-electron chi connectivity index (χ2n) is 6.42. The molecule has 3 amide bonds. The van der Waals surface area contributed by atoms with Crippen molar-refractivity contribution in [1.29, 1.82) is 0 Å². The van der Waals surface area contributed by atoms with E-state index in [0.29, 0.717) is 11.5 Å². The van der Waals surface area contributed by atoms with Gasteiger partial charge in [-0.3, -0.25) is 10.1 Å². The first-order valence-electron chi connectivity index (χ1n) is 8.59. The zero-order valence-electron chi connectivity index (χ0n) is 15.7. The third-order valence-electron chi connectivity index (χ3n) is 4.07. The lowest BCUT2D eigenvalue weighted by atomic mass is 10.1. The smallest absolute Gasteiger partial charge is 0.345 e. The number of H-pyrrole nitrogens is 1. The SMILES string of the molecule is Cc1ccc(NC(=O)Nc2[nH]c(Cc3ccc(C(=O)O)s3)nc2C(N)=O)c(C)c1. The summed E-state index contributed by atoms with van der Waals surface area (Å²) in [5.41, 5.74) is 7.86. The molecule has 0 fully saturated rings. The van der Waals surface area contributed by atoms with Crippen LogP contribution in [-0.4, -0.2) is 33.0 Å². The van der Waals surface area contributed by atoms with Gasteiger partial charge >= 0.3 is 12.0 Å². The quantitative estimate of drug-likeness (QED) is 0.421. The molecule has 9 nitrogen and oxygen atoms in total. The normalized spacial score (nSPS) is 10.6. The Hall–Kier alpha value is -3.66. The lowest BCUT2D eigenvalue weighted by molar-refractivity contribution is 0.0702. The summed E-state index contributed by atoms with van der Waals surface area (Å²) in [5.74, 6) is -1.36. The van der Waals surface area contributed by atoms with Gasteiger partial charge in [0.05, 0.1) is 0 Å². The van der Waals surface area contributed by atoms with Crippen molar-refractivity contribution in [2.75, 3.05) is 10.6 Å². The Labute approximate surface area is 170 Å². The maximum absolute atomic E-state index is 12.4. The third kappa shape index (κ3) is 4.79. The third-order valence-corrected chi connectivity index (χ3v) is 5.14. The molecule has 0 radical (unpaired) electrons. The van der Waals surface area contributed by atoms with E-state index in [1.54, 1.807) is 12.1 Å². The van der Waals surface area contributed by atoms with Crippen LogP contribution < -0.4 is 16.4 Å². The number of hydrogen-bond acceptors (Lipinski definition) is 5. The van der Waals surface area contributed by atoms with Crippen molar-refractivity contribution < 1.29 is 19.5 Å². The van der Waals surface area contributed by atoms with Crippen molar-refractivity contribution >= 4 is 40.7 Å². The molecule has 0 atom stereocenters. The Balaban J connectivity index is 1.76. The number of thiophene rings is 1. The van der Waals surface area contributed by atoms with Gasteiger partial charge in [0.2, 0.25) is 0 Å². The van der Waals surface area contributed by atoms with Gasteiger partial charge in [-0.15, -0.1) is 11.3 Å². The average molecular weight is 413 g/mol. The number of aromatic carboxylic acids is 1. The van der Waals surface area contributed by atoms with Gasteiger partial charge in [-0.25, -0.2) is 14.6 Å². The van der Waals surface area contributed by atoms with Gasteiger partial charge in [0.1, 0.15) is 16.5 Å². The van der Waals surface area contributed by atoms with Crippen molar-refractivity contribution in [3.05, 3.63) is 62.7 Å². The van der Waals surface area contributed by atoms with Crippen LogP contribution in [0.3, 0.4) is 0 Å². The number of nitrogens with two attached hydrogens (primary N) is 1. The summed E-state index contributed by atoms with van der Waals surface area (Å²) in [6, 6.07) is 8.20. The number of hydrogen-bond donors (Lipinski definition) is 5. The van der Waals surface area contributed by atoms with Gasteiger partial charge in [0.25, 0.3) is 5.91 Å². The summed E-state index contributed by atoms with van der Waals surface area (Å²) in [5, 5.41) is 14.3. The largest absolute Gasteiger partial charge is 0.477 e. The van der Waals surface area contributed by atoms with Crippen LogP contribution in [-0.2, 0) is 6.42 Å². The number of nitrogens with zero attached hydrogens (tertiary/aromatic N) is 1. The fourth-order valence-corrected chi connectivity index (χ4v) is 3.60. The van der Waals surface area contributed by atoms with Crippen molar-refractivity contribution in [2.45, 2.75) is 20.3 Å². The Morgan fingerprint density at radius 3 is 2.55 bits per heavy atom. The molecule has 0 aliphatic rings. The van der Waals surface area contributed by atoms with Gasteiger partial charge in [0.15, 0.2) is 5.69 Å². The molecule has 0 aliphatic carbocycles. The predicted octanol–water partition coefficient (Wildman–Crippen LogP) is 3.12. The number of imidazole rings is 1. The second-order valence-corrected chi connectivity index (χ2v) is 7.59. The molecular weight excluding hydrogens is 394 g/mol. The van der Waals surface area contributed by atoms with Gasteiger partial charge < -0.3 is 21.1 Å². The molecule has 3 rings (SSSR count). The van der Waals surface area contributed by atoms with Crippen LogP contribution in [0.15, 0.2) is 30.3 Å². The van der Waals surface area contributed by atoms with Crippen molar-refractivity contribution in [3.63, 3.8) is 0 Å². The van der Waals surface area contributed by atoms with Gasteiger partial charge in [0, 0.05) is 17.0 Å². The molecule has 10 heteroatoms. The van der Waals surface area contributed by atoms with E-state index in [1.807, 2.05) is 26.0 Å². The Kier molecular flexibility index (Phi) is 5.64. The molecule has 29 heavy (non-hydrogen) atoms. The van der Waals surface area contributed by atoms with Crippen LogP contribution >= 0.6 is 11.3 Å². The number of carboxylic acid groups (broad SMARTS) is 1. The average Bonchev–Trinajstić information content (AvgIpc) is 3.25. The van der Waals surface area contributed by atoms with Gasteiger partial charge in [-0.2, -0.15) is 0 Å².